The third-order valence-corrected chi connectivity index (χ3v) is 9.47. The van der Waals surface area contributed by atoms with E-state index >= 15 is 0 Å². The van der Waals surface area contributed by atoms with Crippen molar-refractivity contribution in [2.24, 2.45) is 0 Å². The highest BCUT2D eigenvalue weighted by atomic mass is 35.5. The molecule has 0 aliphatic carbocycles. The van der Waals surface area contributed by atoms with Crippen molar-refractivity contribution in [1.82, 2.24) is 29.2 Å². The largest absolute Gasteiger partial charge is 0.493 e. The van der Waals surface area contributed by atoms with Crippen molar-refractivity contribution in [1.29, 1.82) is 0 Å². The van der Waals surface area contributed by atoms with Gasteiger partial charge in [0.25, 0.3) is 0 Å². The number of pyridine rings is 3. The summed E-state index contributed by atoms with van der Waals surface area (Å²) in [4.78, 5) is 18.5. The summed E-state index contributed by atoms with van der Waals surface area (Å²) in [5.74, 6) is 1.11. The minimum atomic E-state index is -0.650. The van der Waals surface area contributed by atoms with E-state index < -0.39 is 11.2 Å². The van der Waals surface area contributed by atoms with Crippen LogP contribution in [-0.4, -0.2) is 91.0 Å². The summed E-state index contributed by atoms with van der Waals surface area (Å²) >= 11 is 14.2. The standard InChI is InChI=1S/C35H36Cl2N6O4/c1-34(44)17-41(18-34)13-21-8-9-27(40-33(21)47-4)26-7-5-6-24(29(26)36)25-10-11-38-31(30(25)37)22-12-28(46-3)32-39-23(16-43(32)14-22)15-42-19-35(2,45)20-42/h5-12,14,16,44-45H,13,15,17-20H2,1-4H3. The van der Waals surface area contributed by atoms with Gasteiger partial charge in [-0.25, -0.2) is 9.97 Å². The number of aliphatic hydroxyl groups is 2. The van der Waals surface area contributed by atoms with Crippen LogP contribution in [0.2, 0.25) is 10.0 Å². The van der Waals surface area contributed by atoms with Crippen LogP contribution in [0.4, 0.5) is 0 Å². The number of rotatable bonds is 9. The van der Waals surface area contributed by atoms with Gasteiger partial charge in [0.05, 0.1) is 52.5 Å². The maximum atomic E-state index is 10.1. The SMILES string of the molecule is COc1nc(-c2cccc(-c3ccnc(-c4cc(OC)c5nc(CN6CC(C)(O)C6)cn5c4)c3Cl)c2Cl)ccc1CN1CC(C)(O)C1. The van der Waals surface area contributed by atoms with Gasteiger partial charge in [-0.15, -0.1) is 0 Å². The quantitative estimate of drug-likeness (QED) is 0.207. The summed E-state index contributed by atoms with van der Waals surface area (Å²) < 4.78 is 13.3. The predicted molar refractivity (Wildman–Crippen MR) is 182 cm³/mol. The molecule has 0 spiro atoms. The van der Waals surface area contributed by atoms with Crippen molar-refractivity contribution in [2.45, 2.75) is 38.1 Å². The molecule has 0 amide bonds. The van der Waals surface area contributed by atoms with Gasteiger partial charge in [-0.1, -0.05) is 47.5 Å². The lowest BCUT2D eigenvalue weighted by atomic mass is 9.96. The molecule has 244 valence electrons. The number of β-amino-alcohol motifs (C(OH)–C–C–N with tert-alkyl or cyclic N) is 2. The number of methoxy groups -OCH3 is 2. The van der Waals surface area contributed by atoms with Crippen LogP contribution in [0.1, 0.15) is 25.1 Å². The molecule has 2 N–H and O–H groups in total. The molecule has 10 nitrogen and oxygen atoms in total. The van der Waals surface area contributed by atoms with Gasteiger partial charge in [0.15, 0.2) is 11.4 Å². The zero-order chi connectivity index (χ0) is 33.1. The second kappa shape index (κ2) is 12.0. The Morgan fingerprint density at radius 2 is 1.49 bits per heavy atom. The number of fused-ring (bicyclic) bond motifs is 1. The van der Waals surface area contributed by atoms with Gasteiger partial charge in [0, 0.05) is 85.7 Å². The van der Waals surface area contributed by atoms with E-state index in [0.29, 0.717) is 78.0 Å². The van der Waals surface area contributed by atoms with E-state index in [0.717, 1.165) is 33.5 Å². The Morgan fingerprint density at radius 3 is 2.17 bits per heavy atom. The van der Waals surface area contributed by atoms with E-state index in [1.807, 2.05) is 73.1 Å². The molecule has 0 radical (unpaired) electrons. The maximum Gasteiger partial charge on any atom is 0.218 e. The first-order valence-electron chi connectivity index (χ1n) is 15.4. The van der Waals surface area contributed by atoms with E-state index in [1.54, 1.807) is 20.4 Å². The number of benzene rings is 1. The second-order valence-corrected chi connectivity index (χ2v) is 13.9. The monoisotopic (exact) mass is 674 g/mol. The number of hydrogen-bond donors (Lipinski definition) is 2. The minimum Gasteiger partial charge on any atom is -0.493 e. The molecule has 2 aliphatic heterocycles. The molecule has 0 bridgehead atoms. The number of hydrogen-bond acceptors (Lipinski definition) is 9. The van der Waals surface area contributed by atoms with E-state index in [-0.39, 0.29) is 0 Å². The summed E-state index contributed by atoms with van der Waals surface area (Å²) in [5, 5.41) is 21.2. The smallest absolute Gasteiger partial charge is 0.218 e. The van der Waals surface area contributed by atoms with E-state index in [4.69, 9.17) is 42.6 Å². The Kier molecular flexibility index (Phi) is 8.15. The number of imidazole rings is 1. The van der Waals surface area contributed by atoms with Gasteiger partial charge < -0.3 is 24.1 Å². The lowest BCUT2D eigenvalue weighted by molar-refractivity contribution is -0.0878. The average Bonchev–Trinajstić information content (AvgIpc) is 3.42. The third-order valence-electron chi connectivity index (χ3n) is 8.68. The Balaban J connectivity index is 1.20. The van der Waals surface area contributed by atoms with Crippen molar-refractivity contribution in [3.05, 3.63) is 82.4 Å². The summed E-state index contributed by atoms with van der Waals surface area (Å²) in [7, 11) is 3.22. The molecular formula is C35H36Cl2N6O4. The molecule has 2 saturated heterocycles. The van der Waals surface area contributed by atoms with Gasteiger partial charge >= 0.3 is 0 Å². The molecule has 2 fully saturated rings. The molecule has 0 unspecified atom stereocenters. The van der Waals surface area contributed by atoms with Crippen LogP contribution < -0.4 is 9.47 Å². The predicted octanol–water partition coefficient (Wildman–Crippen LogP) is 5.58. The number of aromatic nitrogens is 4. The second-order valence-electron chi connectivity index (χ2n) is 13.1. The molecule has 5 aromatic rings. The van der Waals surface area contributed by atoms with Crippen molar-refractivity contribution < 1.29 is 19.7 Å². The van der Waals surface area contributed by atoms with E-state index in [2.05, 4.69) is 14.8 Å². The van der Waals surface area contributed by atoms with Gasteiger partial charge in [-0.3, -0.25) is 14.8 Å². The average molecular weight is 676 g/mol. The van der Waals surface area contributed by atoms with Crippen LogP contribution in [0.3, 0.4) is 0 Å². The van der Waals surface area contributed by atoms with Crippen LogP contribution in [0, 0.1) is 0 Å². The fourth-order valence-corrected chi connectivity index (χ4v) is 7.36. The van der Waals surface area contributed by atoms with Crippen molar-refractivity contribution in [3.63, 3.8) is 0 Å². The number of ether oxygens (including phenoxy) is 2. The van der Waals surface area contributed by atoms with E-state index in [9.17, 15) is 10.2 Å². The molecule has 47 heavy (non-hydrogen) atoms. The normalized spacial score (nSPS) is 17.4. The van der Waals surface area contributed by atoms with Gasteiger partial charge in [-0.05, 0) is 32.0 Å². The summed E-state index contributed by atoms with van der Waals surface area (Å²) in [6.07, 6.45) is 5.62. The minimum absolute atomic E-state index is 0.447. The first-order chi connectivity index (χ1) is 22.4. The van der Waals surface area contributed by atoms with Crippen molar-refractivity contribution in [3.8, 4) is 45.3 Å². The molecule has 2 aliphatic rings. The van der Waals surface area contributed by atoms with Gasteiger partial charge in [-0.2, -0.15) is 0 Å². The first kappa shape index (κ1) is 31.8. The zero-order valence-corrected chi connectivity index (χ0v) is 28.2. The number of halogens is 2. The Morgan fingerprint density at radius 1 is 0.809 bits per heavy atom. The Hall–Kier alpha value is -3.77. The Bertz CT molecular complexity index is 1980. The fourth-order valence-electron chi connectivity index (χ4n) is 6.71. The molecule has 4 aromatic heterocycles. The summed E-state index contributed by atoms with van der Waals surface area (Å²) in [5.41, 5.74) is 5.43. The molecular weight excluding hydrogens is 639 g/mol. The van der Waals surface area contributed by atoms with E-state index in [1.165, 1.54) is 0 Å². The molecule has 7 rings (SSSR count). The first-order valence-corrected chi connectivity index (χ1v) is 16.1. The summed E-state index contributed by atoms with van der Waals surface area (Å²) in [6.45, 7) is 7.37. The van der Waals surface area contributed by atoms with Crippen molar-refractivity contribution in [2.75, 3.05) is 40.4 Å². The highest BCUT2D eigenvalue weighted by Gasteiger charge is 2.37. The van der Waals surface area contributed by atoms with Crippen LogP contribution in [0.5, 0.6) is 11.6 Å². The van der Waals surface area contributed by atoms with Crippen LogP contribution in [0.15, 0.2) is 61.1 Å². The van der Waals surface area contributed by atoms with Crippen LogP contribution in [-0.2, 0) is 13.1 Å². The molecule has 0 saturated carbocycles. The zero-order valence-electron chi connectivity index (χ0n) is 26.7. The Labute approximate surface area is 283 Å². The summed E-state index contributed by atoms with van der Waals surface area (Å²) in [6, 6.07) is 13.4. The third kappa shape index (κ3) is 6.17. The fraction of sp³-hybridized carbons (Fsp3) is 0.343. The van der Waals surface area contributed by atoms with Crippen LogP contribution in [0.25, 0.3) is 39.3 Å². The van der Waals surface area contributed by atoms with Gasteiger partial charge in [0.1, 0.15) is 0 Å². The highest BCUT2D eigenvalue weighted by molar-refractivity contribution is 6.39. The number of nitrogens with zero attached hydrogens (tertiary/aromatic N) is 6. The number of likely N-dealkylation sites (tertiary alicyclic amines) is 2. The molecule has 0 atom stereocenters. The molecule has 6 heterocycles. The molecule has 12 heteroatoms. The van der Waals surface area contributed by atoms with Crippen molar-refractivity contribution >= 4 is 28.8 Å². The molecule has 1 aromatic carbocycles. The van der Waals surface area contributed by atoms with Gasteiger partial charge in [0.2, 0.25) is 5.88 Å². The van der Waals surface area contributed by atoms with Crippen LogP contribution >= 0.6 is 23.2 Å². The lowest BCUT2D eigenvalue weighted by Crippen LogP contribution is -2.59. The lowest BCUT2D eigenvalue weighted by Gasteiger charge is -2.44. The maximum absolute atomic E-state index is 10.1. The highest BCUT2D eigenvalue weighted by Crippen LogP contribution is 2.42. The topological polar surface area (TPSA) is 108 Å².